The summed E-state index contributed by atoms with van der Waals surface area (Å²) in [6.45, 7) is 14.0. The maximum absolute atomic E-state index is 5.79. The highest BCUT2D eigenvalue weighted by Crippen LogP contribution is 2.22. The lowest BCUT2D eigenvalue weighted by Gasteiger charge is -2.44. The third-order valence-corrected chi connectivity index (χ3v) is 5.35. The average molecular weight is 282 g/mol. The Bertz CT molecular complexity index is 276. The monoisotopic (exact) mass is 282 g/mol. The molecule has 118 valence electrons. The second kappa shape index (κ2) is 7.77. The van der Waals surface area contributed by atoms with E-state index in [4.69, 9.17) is 4.74 Å². The summed E-state index contributed by atoms with van der Waals surface area (Å²) in [5.41, 5.74) is 0. The third-order valence-electron chi connectivity index (χ3n) is 5.35. The maximum atomic E-state index is 5.79. The Kier molecular flexibility index (Phi) is 6.31. The van der Waals surface area contributed by atoms with Crippen LogP contribution in [0.4, 0.5) is 0 Å². The van der Waals surface area contributed by atoms with E-state index in [-0.39, 0.29) is 0 Å². The zero-order valence-electron chi connectivity index (χ0n) is 13.9. The van der Waals surface area contributed by atoms with E-state index in [1.165, 1.54) is 38.8 Å². The van der Waals surface area contributed by atoms with Gasteiger partial charge in [0.25, 0.3) is 0 Å². The molecular weight excluding hydrogens is 248 g/mol. The number of piperazine rings is 1. The Morgan fingerprint density at radius 3 is 2.70 bits per heavy atom. The third kappa shape index (κ3) is 4.19. The second-order valence-corrected chi connectivity index (χ2v) is 7.13. The first kappa shape index (κ1) is 16.3. The van der Waals surface area contributed by atoms with Crippen molar-refractivity contribution in [1.29, 1.82) is 0 Å². The van der Waals surface area contributed by atoms with Gasteiger partial charge in [0.1, 0.15) is 0 Å². The zero-order valence-corrected chi connectivity index (χ0v) is 13.9. The smallest absolute Gasteiger partial charge is 0.0588 e. The van der Waals surface area contributed by atoms with E-state index < -0.39 is 0 Å². The van der Waals surface area contributed by atoms with Gasteiger partial charge in [-0.3, -0.25) is 4.90 Å². The van der Waals surface area contributed by atoms with Crippen molar-refractivity contribution in [1.82, 2.24) is 10.2 Å². The van der Waals surface area contributed by atoms with Crippen LogP contribution >= 0.6 is 0 Å². The number of hydrogen-bond donors (Lipinski definition) is 1. The minimum absolute atomic E-state index is 0.528. The molecule has 2 saturated heterocycles. The Morgan fingerprint density at radius 1 is 1.30 bits per heavy atom. The summed E-state index contributed by atoms with van der Waals surface area (Å²) in [6, 6.07) is 1.36. The number of hydrogen-bond acceptors (Lipinski definition) is 3. The molecule has 3 nitrogen and oxygen atoms in total. The molecular formula is C17H34N2O. The first-order valence-electron chi connectivity index (χ1n) is 8.70. The highest BCUT2D eigenvalue weighted by Gasteiger charge is 2.32. The van der Waals surface area contributed by atoms with Gasteiger partial charge in [-0.25, -0.2) is 0 Å². The molecule has 0 radical (unpaired) electrons. The second-order valence-electron chi connectivity index (χ2n) is 7.13. The summed E-state index contributed by atoms with van der Waals surface area (Å²) in [5, 5.41) is 3.79. The molecule has 4 unspecified atom stereocenters. The van der Waals surface area contributed by atoms with Crippen LogP contribution in [0, 0.1) is 11.8 Å². The fourth-order valence-corrected chi connectivity index (χ4v) is 3.62. The molecule has 2 heterocycles. The molecule has 0 bridgehead atoms. The van der Waals surface area contributed by atoms with Gasteiger partial charge in [-0.05, 0) is 31.1 Å². The normalized spacial score (nSPS) is 33.8. The van der Waals surface area contributed by atoms with Crippen molar-refractivity contribution in [3.05, 3.63) is 0 Å². The van der Waals surface area contributed by atoms with Crippen molar-refractivity contribution in [3.63, 3.8) is 0 Å². The van der Waals surface area contributed by atoms with Crippen LogP contribution in [0.5, 0.6) is 0 Å². The van der Waals surface area contributed by atoms with Gasteiger partial charge in [0.2, 0.25) is 0 Å². The van der Waals surface area contributed by atoms with Crippen molar-refractivity contribution >= 4 is 0 Å². The molecule has 0 aliphatic carbocycles. The number of ether oxygens (including phenoxy) is 1. The molecule has 20 heavy (non-hydrogen) atoms. The highest BCUT2D eigenvalue weighted by atomic mass is 16.5. The van der Waals surface area contributed by atoms with Crippen molar-refractivity contribution in [2.24, 2.45) is 11.8 Å². The van der Waals surface area contributed by atoms with Crippen LogP contribution < -0.4 is 5.32 Å². The lowest BCUT2D eigenvalue weighted by atomic mass is 9.92. The topological polar surface area (TPSA) is 24.5 Å². The van der Waals surface area contributed by atoms with E-state index >= 15 is 0 Å². The van der Waals surface area contributed by atoms with Crippen LogP contribution in [0.2, 0.25) is 0 Å². The molecule has 0 aromatic heterocycles. The van der Waals surface area contributed by atoms with Crippen LogP contribution in [-0.2, 0) is 4.74 Å². The SMILES string of the molecule is CCC(C)C1CN(CCC2CCCO2)C(C(C)C)CN1. The molecule has 0 aromatic carbocycles. The van der Waals surface area contributed by atoms with E-state index in [0.717, 1.165) is 25.0 Å². The largest absolute Gasteiger partial charge is 0.378 e. The summed E-state index contributed by atoms with van der Waals surface area (Å²) < 4.78 is 5.79. The Labute approximate surface area is 125 Å². The summed E-state index contributed by atoms with van der Waals surface area (Å²) >= 11 is 0. The van der Waals surface area contributed by atoms with Crippen molar-refractivity contribution < 1.29 is 4.74 Å². The molecule has 2 aliphatic heterocycles. The van der Waals surface area contributed by atoms with E-state index in [1.807, 2.05) is 0 Å². The standard InChI is InChI=1S/C17H34N2O/c1-5-14(4)16-12-19(17(11-18-16)13(2)3)9-8-15-7-6-10-20-15/h13-18H,5-12H2,1-4H3. The lowest BCUT2D eigenvalue weighted by molar-refractivity contribution is 0.0509. The molecule has 2 fully saturated rings. The molecule has 2 rings (SSSR count). The van der Waals surface area contributed by atoms with Crippen molar-refractivity contribution in [2.45, 2.75) is 71.6 Å². The number of nitrogens with one attached hydrogen (secondary N) is 1. The quantitative estimate of drug-likeness (QED) is 0.811. The molecule has 0 aromatic rings. The molecule has 3 heteroatoms. The average Bonchev–Trinajstić information content (AvgIpc) is 2.97. The molecule has 4 atom stereocenters. The van der Waals surface area contributed by atoms with Gasteiger partial charge < -0.3 is 10.1 Å². The van der Waals surface area contributed by atoms with Gasteiger partial charge in [-0.1, -0.05) is 34.1 Å². The van der Waals surface area contributed by atoms with Gasteiger partial charge in [-0.15, -0.1) is 0 Å². The minimum atomic E-state index is 0.528. The van der Waals surface area contributed by atoms with Crippen molar-refractivity contribution in [3.8, 4) is 0 Å². The fourth-order valence-electron chi connectivity index (χ4n) is 3.62. The van der Waals surface area contributed by atoms with Crippen LogP contribution in [0.3, 0.4) is 0 Å². The van der Waals surface area contributed by atoms with Crippen LogP contribution in [0.25, 0.3) is 0 Å². The van der Waals surface area contributed by atoms with E-state index in [0.29, 0.717) is 18.2 Å². The summed E-state index contributed by atoms with van der Waals surface area (Å²) in [4.78, 5) is 2.74. The first-order chi connectivity index (χ1) is 9.61. The predicted molar refractivity (Wildman–Crippen MR) is 85.0 cm³/mol. The zero-order chi connectivity index (χ0) is 14.5. The van der Waals surface area contributed by atoms with Gasteiger partial charge in [0.05, 0.1) is 6.10 Å². The summed E-state index contributed by atoms with van der Waals surface area (Å²) in [6.07, 6.45) is 5.54. The minimum Gasteiger partial charge on any atom is -0.378 e. The van der Waals surface area contributed by atoms with E-state index in [1.54, 1.807) is 0 Å². The van der Waals surface area contributed by atoms with Gasteiger partial charge in [-0.2, -0.15) is 0 Å². The summed E-state index contributed by atoms with van der Waals surface area (Å²) in [7, 11) is 0. The van der Waals surface area contributed by atoms with Gasteiger partial charge in [0.15, 0.2) is 0 Å². The molecule has 0 saturated carbocycles. The Morgan fingerprint density at radius 2 is 2.10 bits per heavy atom. The molecule has 1 N–H and O–H groups in total. The highest BCUT2D eigenvalue weighted by molar-refractivity contribution is 4.90. The molecule has 0 spiro atoms. The van der Waals surface area contributed by atoms with Crippen LogP contribution in [0.1, 0.15) is 53.4 Å². The summed E-state index contributed by atoms with van der Waals surface area (Å²) in [5.74, 6) is 1.50. The number of nitrogens with zero attached hydrogens (tertiary/aromatic N) is 1. The van der Waals surface area contributed by atoms with E-state index in [9.17, 15) is 0 Å². The maximum Gasteiger partial charge on any atom is 0.0588 e. The molecule has 0 amide bonds. The first-order valence-corrected chi connectivity index (χ1v) is 8.70. The Hall–Kier alpha value is -0.120. The fraction of sp³-hybridized carbons (Fsp3) is 1.00. The Balaban J connectivity index is 1.88. The van der Waals surface area contributed by atoms with Gasteiger partial charge in [0, 0.05) is 38.3 Å². The van der Waals surface area contributed by atoms with Gasteiger partial charge >= 0.3 is 0 Å². The van der Waals surface area contributed by atoms with Crippen LogP contribution in [-0.4, -0.2) is 49.3 Å². The molecule has 2 aliphatic rings. The predicted octanol–water partition coefficient (Wildman–Crippen LogP) is 2.90. The lowest BCUT2D eigenvalue weighted by Crippen LogP contribution is -2.60. The number of rotatable bonds is 6. The van der Waals surface area contributed by atoms with E-state index in [2.05, 4.69) is 37.9 Å². The van der Waals surface area contributed by atoms with Crippen molar-refractivity contribution in [2.75, 3.05) is 26.2 Å². The van der Waals surface area contributed by atoms with Crippen LogP contribution in [0.15, 0.2) is 0 Å².